The molecule has 0 aromatic heterocycles. The van der Waals surface area contributed by atoms with Gasteiger partial charge >= 0.3 is 0 Å². The Morgan fingerprint density at radius 1 is 1.05 bits per heavy atom. The molecule has 1 aliphatic heterocycles. The van der Waals surface area contributed by atoms with E-state index < -0.39 is 41.9 Å². The molecule has 4 rings (SSSR count). The van der Waals surface area contributed by atoms with E-state index in [-0.39, 0.29) is 35.8 Å². The summed E-state index contributed by atoms with van der Waals surface area (Å²) in [6.45, 7) is 3.96. The van der Waals surface area contributed by atoms with E-state index >= 15 is 0 Å². The number of hydrogen-bond acceptors (Lipinski definition) is 7. The number of benzene rings is 2. The van der Waals surface area contributed by atoms with Crippen molar-refractivity contribution in [3.63, 3.8) is 0 Å². The van der Waals surface area contributed by atoms with Crippen LogP contribution >= 0.6 is 0 Å². The highest BCUT2D eigenvalue weighted by Crippen LogP contribution is 2.34. The van der Waals surface area contributed by atoms with E-state index in [0.29, 0.717) is 25.1 Å². The average Bonchev–Trinajstić information content (AvgIpc) is 3.79. The summed E-state index contributed by atoms with van der Waals surface area (Å²) in [7, 11) is 1.53. The molecule has 1 heterocycles. The number of hydrogen-bond donors (Lipinski definition) is 5. The Morgan fingerprint density at radius 3 is 2.44 bits per heavy atom. The summed E-state index contributed by atoms with van der Waals surface area (Å²) in [5.41, 5.74) is 1.01. The van der Waals surface area contributed by atoms with Crippen LogP contribution in [0.25, 0.3) is 0 Å². The van der Waals surface area contributed by atoms with Gasteiger partial charge in [-0.1, -0.05) is 24.3 Å². The number of aromatic hydroxyl groups is 1. The van der Waals surface area contributed by atoms with Gasteiger partial charge in [-0.2, -0.15) is 0 Å². The van der Waals surface area contributed by atoms with Crippen molar-refractivity contribution < 1.29 is 33.7 Å². The van der Waals surface area contributed by atoms with Gasteiger partial charge in [0.25, 0.3) is 0 Å². The summed E-state index contributed by atoms with van der Waals surface area (Å²) in [6.07, 6.45) is 0.891. The predicted octanol–water partition coefficient (Wildman–Crippen LogP) is 1.79. The van der Waals surface area contributed by atoms with Gasteiger partial charge in [-0.25, -0.2) is 4.39 Å². The molecule has 0 bridgehead atoms. The third-order valence-corrected chi connectivity index (χ3v) is 7.72. The summed E-state index contributed by atoms with van der Waals surface area (Å²) in [4.78, 5) is 41.4. The zero-order valence-electron chi connectivity index (χ0n) is 23.6. The monoisotopic (exact) mass is 570 g/mol. The number of carbonyl (C=O) groups is 3. The fourth-order valence-electron chi connectivity index (χ4n) is 4.93. The van der Waals surface area contributed by atoms with Gasteiger partial charge in [0.2, 0.25) is 17.7 Å². The Labute approximate surface area is 239 Å². The summed E-state index contributed by atoms with van der Waals surface area (Å²) in [5, 5.41) is 30.2. The number of likely N-dealkylation sites (N-methyl/N-ethyl adjacent to an activating group) is 1. The first kappa shape index (κ1) is 30.3. The highest BCUT2D eigenvalue weighted by molar-refractivity contribution is 5.93. The lowest BCUT2D eigenvalue weighted by molar-refractivity contribution is -0.142. The number of nitrogens with zero attached hydrogens (tertiary/aromatic N) is 1. The van der Waals surface area contributed by atoms with Crippen molar-refractivity contribution >= 4 is 17.7 Å². The molecule has 5 N–H and O–H groups in total. The molecule has 10 nitrogen and oxygen atoms in total. The maximum atomic E-state index is 13.5. The lowest BCUT2D eigenvalue weighted by Gasteiger charge is -2.31. The lowest BCUT2D eigenvalue weighted by atomic mass is 10.0. The molecule has 0 saturated heterocycles. The van der Waals surface area contributed by atoms with Crippen molar-refractivity contribution in [3.05, 3.63) is 59.4 Å². The molecule has 2 aromatic carbocycles. The topological polar surface area (TPSA) is 140 Å². The zero-order chi connectivity index (χ0) is 29.7. The second kappa shape index (κ2) is 13.3. The van der Waals surface area contributed by atoms with Gasteiger partial charge in [-0.05, 0) is 74.8 Å². The number of para-hydroxylation sites is 1. The third kappa shape index (κ3) is 7.53. The van der Waals surface area contributed by atoms with Crippen molar-refractivity contribution in [1.29, 1.82) is 0 Å². The summed E-state index contributed by atoms with van der Waals surface area (Å²) in [5.74, 6) is -1.54. The smallest absolute Gasteiger partial charge is 0.245 e. The molecule has 1 aliphatic carbocycles. The molecule has 0 radical (unpaired) electrons. The average molecular weight is 571 g/mol. The van der Waals surface area contributed by atoms with E-state index in [9.17, 15) is 29.0 Å². The molecule has 5 atom stereocenters. The van der Waals surface area contributed by atoms with Crippen LogP contribution in [0.1, 0.15) is 50.3 Å². The second-order valence-electron chi connectivity index (χ2n) is 10.9. The van der Waals surface area contributed by atoms with Gasteiger partial charge in [0.1, 0.15) is 30.1 Å². The minimum absolute atomic E-state index is 0.00126. The number of aryl methyl sites for hydroxylation is 1. The largest absolute Gasteiger partial charge is 0.504 e. The standard InChI is InChI=1S/C30H39FN4O6/c1-17-16-33-24(19-9-10-19)30(40)35(3)18(2)28(38)34-25(26(37)20-11-13-22(31)14-12-20)29(39)32-15-5-7-21-6-4-8-23(36)27(21)41-17/h4,6,8,11-14,17-19,24-26,33,36-37H,5,7,9-10,15-16H2,1-3H3,(H,32,39)(H,34,38). The van der Waals surface area contributed by atoms with Gasteiger partial charge in [0.05, 0.1) is 6.04 Å². The molecule has 2 aromatic rings. The Kier molecular flexibility index (Phi) is 9.82. The van der Waals surface area contributed by atoms with E-state index in [1.165, 1.54) is 24.1 Å². The molecule has 1 saturated carbocycles. The Bertz CT molecular complexity index is 1240. The molecule has 11 heteroatoms. The predicted molar refractivity (Wildman–Crippen MR) is 150 cm³/mol. The van der Waals surface area contributed by atoms with Gasteiger partial charge in [0, 0.05) is 20.1 Å². The molecule has 5 unspecified atom stereocenters. The maximum absolute atomic E-state index is 13.5. The highest BCUT2D eigenvalue weighted by Gasteiger charge is 2.40. The zero-order valence-corrected chi connectivity index (χ0v) is 23.6. The third-order valence-electron chi connectivity index (χ3n) is 7.72. The summed E-state index contributed by atoms with van der Waals surface area (Å²) < 4.78 is 19.6. The Hall–Kier alpha value is -3.70. The van der Waals surface area contributed by atoms with Gasteiger partial charge in [-0.3, -0.25) is 14.4 Å². The lowest BCUT2D eigenvalue weighted by Crippen LogP contribution is -2.57. The minimum atomic E-state index is -1.47. The molecular formula is C30H39FN4O6. The number of rotatable bonds is 3. The normalized spacial score (nSPS) is 26.1. The Morgan fingerprint density at radius 2 is 1.76 bits per heavy atom. The number of ether oxygens (including phenoxy) is 1. The van der Waals surface area contributed by atoms with Gasteiger partial charge in [0.15, 0.2) is 11.5 Å². The number of amides is 3. The second-order valence-corrected chi connectivity index (χ2v) is 10.9. The van der Waals surface area contributed by atoms with E-state index in [2.05, 4.69) is 16.0 Å². The minimum Gasteiger partial charge on any atom is -0.504 e. The van der Waals surface area contributed by atoms with Crippen LogP contribution in [0.4, 0.5) is 4.39 Å². The van der Waals surface area contributed by atoms with Crippen LogP contribution < -0.4 is 20.7 Å². The molecule has 3 amide bonds. The molecule has 222 valence electrons. The number of phenols is 1. The quantitative estimate of drug-likeness (QED) is 0.379. The molecule has 2 aliphatic rings. The number of carbonyl (C=O) groups excluding carboxylic acids is 3. The Balaban J connectivity index is 1.61. The number of phenolic OH excluding ortho intramolecular Hbond substituents is 1. The highest BCUT2D eigenvalue weighted by atomic mass is 19.1. The van der Waals surface area contributed by atoms with Crippen molar-refractivity contribution in [2.75, 3.05) is 20.1 Å². The van der Waals surface area contributed by atoms with Crippen LogP contribution in [0.2, 0.25) is 0 Å². The van der Waals surface area contributed by atoms with Crippen LogP contribution in [-0.4, -0.2) is 77.2 Å². The van der Waals surface area contributed by atoms with Crippen LogP contribution in [-0.2, 0) is 20.8 Å². The van der Waals surface area contributed by atoms with Crippen LogP contribution in [0.5, 0.6) is 11.5 Å². The fourth-order valence-corrected chi connectivity index (χ4v) is 4.93. The SMILES string of the molecule is CC1CNC(C2CC2)C(=O)N(C)C(C)C(=O)NC(C(O)c2ccc(F)cc2)C(=O)NCCCc2cccc(O)c2O1. The van der Waals surface area contributed by atoms with Crippen molar-refractivity contribution in [2.24, 2.45) is 5.92 Å². The van der Waals surface area contributed by atoms with E-state index in [1.807, 2.05) is 13.0 Å². The van der Waals surface area contributed by atoms with Crippen molar-refractivity contribution in [3.8, 4) is 11.5 Å². The van der Waals surface area contributed by atoms with E-state index in [4.69, 9.17) is 4.74 Å². The van der Waals surface area contributed by atoms with Crippen LogP contribution in [0.3, 0.4) is 0 Å². The number of aliphatic hydroxyl groups excluding tert-OH is 1. The van der Waals surface area contributed by atoms with E-state index in [0.717, 1.165) is 30.5 Å². The molecule has 1 fully saturated rings. The van der Waals surface area contributed by atoms with Crippen LogP contribution in [0, 0.1) is 11.7 Å². The maximum Gasteiger partial charge on any atom is 0.245 e. The number of aliphatic hydroxyl groups is 1. The van der Waals surface area contributed by atoms with Crippen LogP contribution in [0.15, 0.2) is 42.5 Å². The van der Waals surface area contributed by atoms with Crippen molar-refractivity contribution in [2.45, 2.75) is 69.9 Å². The number of nitrogens with one attached hydrogen (secondary N) is 3. The van der Waals surface area contributed by atoms with E-state index in [1.54, 1.807) is 19.1 Å². The fraction of sp³-hybridized carbons (Fsp3) is 0.500. The first-order valence-electron chi connectivity index (χ1n) is 14.1. The number of halogens is 1. The number of fused-ring (bicyclic) bond motifs is 1. The summed E-state index contributed by atoms with van der Waals surface area (Å²) >= 11 is 0. The molecular weight excluding hydrogens is 531 g/mol. The van der Waals surface area contributed by atoms with Gasteiger partial charge < -0.3 is 35.8 Å². The molecule has 41 heavy (non-hydrogen) atoms. The first-order chi connectivity index (χ1) is 19.6. The molecule has 0 spiro atoms. The van der Waals surface area contributed by atoms with Crippen molar-refractivity contribution in [1.82, 2.24) is 20.9 Å². The summed E-state index contributed by atoms with van der Waals surface area (Å²) in [6, 6.07) is 7.24. The van der Waals surface area contributed by atoms with Gasteiger partial charge in [-0.15, -0.1) is 0 Å². The first-order valence-corrected chi connectivity index (χ1v) is 14.1.